The zero-order valence-electron chi connectivity index (χ0n) is 14.4. The molecule has 2 aromatic heterocycles. The number of aryl methyl sites for hydroxylation is 1. The van der Waals surface area contributed by atoms with Gasteiger partial charge < -0.3 is 0 Å². The Balaban J connectivity index is 2.18. The van der Waals surface area contributed by atoms with Crippen LogP contribution in [-0.2, 0) is 13.6 Å². The summed E-state index contributed by atoms with van der Waals surface area (Å²) >= 11 is 0. The number of aromatic nitrogens is 3. The zero-order valence-corrected chi connectivity index (χ0v) is 14.4. The van der Waals surface area contributed by atoms with Crippen molar-refractivity contribution in [2.45, 2.75) is 27.3 Å². The maximum atomic E-state index is 12.6. The Hall–Kier alpha value is -2.87. The molecular weight excluding hydrogens is 300 g/mol. The molecule has 122 valence electrons. The second-order valence-corrected chi connectivity index (χ2v) is 7.23. The Morgan fingerprint density at radius 1 is 1.12 bits per heavy atom. The van der Waals surface area contributed by atoms with Gasteiger partial charge in [-0.3, -0.25) is 9.13 Å². The highest BCUT2D eigenvalue weighted by atomic mass is 16.1. The van der Waals surface area contributed by atoms with Gasteiger partial charge in [0.25, 0.3) is 0 Å². The first kappa shape index (κ1) is 16.0. The lowest BCUT2D eigenvalue weighted by molar-refractivity contribution is 0.342. The molecule has 5 heteroatoms. The van der Waals surface area contributed by atoms with Crippen LogP contribution >= 0.6 is 0 Å². The molecule has 0 amide bonds. The van der Waals surface area contributed by atoms with Crippen molar-refractivity contribution in [2.24, 2.45) is 12.5 Å². The predicted octanol–water partition coefficient (Wildman–Crippen LogP) is 3.32. The van der Waals surface area contributed by atoms with Crippen molar-refractivity contribution >= 4 is 11.0 Å². The molecule has 0 aliphatic carbocycles. The van der Waals surface area contributed by atoms with Crippen LogP contribution in [0.25, 0.3) is 22.2 Å². The summed E-state index contributed by atoms with van der Waals surface area (Å²) in [4.78, 5) is 16.6. The minimum atomic E-state index is -0.00971. The molecule has 2 heterocycles. The molecule has 0 spiro atoms. The third kappa shape index (κ3) is 2.83. The van der Waals surface area contributed by atoms with Gasteiger partial charge in [-0.1, -0.05) is 26.8 Å². The maximum absolute atomic E-state index is 12.6. The van der Waals surface area contributed by atoms with E-state index in [0.29, 0.717) is 12.2 Å². The minimum absolute atomic E-state index is 0.00971. The fraction of sp³-hybridized carbons (Fsp3) is 0.316. The number of pyridine rings is 1. The zero-order chi connectivity index (χ0) is 17.5. The Morgan fingerprint density at radius 3 is 2.50 bits per heavy atom. The highest BCUT2D eigenvalue weighted by molar-refractivity contribution is 5.82. The van der Waals surface area contributed by atoms with Crippen molar-refractivity contribution < 1.29 is 0 Å². The van der Waals surface area contributed by atoms with Gasteiger partial charge in [0.1, 0.15) is 11.8 Å². The van der Waals surface area contributed by atoms with Crippen LogP contribution in [0.15, 0.2) is 41.3 Å². The number of hydrogen-bond acceptors (Lipinski definition) is 3. The van der Waals surface area contributed by atoms with Gasteiger partial charge >= 0.3 is 5.69 Å². The van der Waals surface area contributed by atoms with Crippen LogP contribution in [0.3, 0.4) is 0 Å². The predicted molar refractivity (Wildman–Crippen MR) is 94.6 cm³/mol. The van der Waals surface area contributed by atoms with Crippen LogP contribution in [0.2, 0.25) is 0 Å². The summed E-state index contributed by atoms with van der Waals surface area (Å²) in [5.41, 5.74) is 4.08. The van der Waals surface area contributed by atoms with Gasteiger partial charge in [-0.2, -0.15) is 5.26 Å². The number of hydrogen-bond donors (Lipinski definition) is 0. The highest BCUT2D eigenvalue weighted by Crippen LogP contribution is 2.25. The smallest absolute Gasteiger partial charge is 0.295 e. The summed E-state index contributed by atoms with van der Waals surface area (Å²) in [7, 11) is 1.79. The van der Waals surface area contributed by atoms with Crippen molar-refractivity contribution in [3.05, 3.63) is 52.7 Å². The first-order chi connectivity index (χ1) is 11.3. The summed E-state index contributed by atoms with van der Waals surface area (Å²) in [6.07, 6.45) is 1.63. The second-order valence-electron chi connectivity index (χ2n) is 7.23. The molecule has 0 N–H and O–H groups in total. The summed E-state index contributed by atoms with van der Waals surface area (Å²) in [5.74, 6) is 0. The standard InChI is InChI=1S/C19H20N4O/c1-19(2,3)12-23-16-6-5-13(10-17(16)22(4)18(23)24)14-7-8-21-15(9-14)11-20/h5-10H,12H2,1-4H3. The van der Waals surface area contributed by atoms with Crippen LogP contribution in [0, 0.1) is 16.7 Å². The van der Waals surface area contributed by atoms with Crippen molar-refractivity contribution in [2.75, 3.05) is 0 Å². The van der Waals surface area contributed by atoms with Gasteiger partial charge in [0.15, 0.2) is 0 Å². The third-order valence-corrected chi connectivity index (χ3v) is 3.99. The topological polar surface area (TPSA) is 63.6 Å². The van der Waals surface area contributed by atoms with Crippen LogP contribution < -0.4 is 5.69 Å². The average molecular weight is 320 g/mol. The van der Waals surface area contributed by atoms with E-state index in [0.717, 1.165) is 22.2 Å². The molecule has 0 saturated carbocycles. The summed E-state index contributed by atoms with van der Waals surface area (Å²) < 4.78 is 3.50. The molecular formula is C19H20N4O. The highest BCUT2D eigenvalue weighted by Gasteiger charge is 2.18. The first-order valence-corrected chi connectivity index (χ1v) is 7.86. The molecule has 0 unspecified atom stereocenters. The monoisotopic (exact) mass is 320 g/mol. The van der Waals surface area contributed by atoms with E-state index in [1.54, 1.807) is 23.9 Å². The molecule has 0 saturated heterocycles. The number of fused-ring (bicyclic) bond motifs is 1. The Labute approximate surface area is 140 Å². The summed E-state index contributed by atoms with van der Waals surface area (Å²) in [6, 6.07) is 11.6. The Bertz CT molecular complexity index is 1010. The van der Waals surface area contributed by atoms with Gasteiger partial charge in [-0.15, -0.1) is 0 Å². The van der Waals surface area contributed by atoms with Crippen molar-refractivity contribution in [1.29, 1.82) is 5.26 Å². The van der Waals surface area contributed by atoms with Gasteiger partial charge in [0.2, 0.25) is 0 Å². The van der Waals surface area contributed by atoms with E-state index in [9.17, 15) is 4.79 Å². The van der Waals surface area contributed by atoms with E-state index in [2.05, 4.69) is 31.8 Å². The first-order valence-electron chi connectivity index (χ1n) is 7.86. The molecule has 0 aliphatic rings. The van der Waals surface area contributed by atoms with Gasteiger partial charge in [-0.05, 0) is 40.8 Å². The number of imidazole rings is 1. The number of rotatable bonds is 2. The molecule has 0 fully saturated rings. The third-order valence-electron chi connectivity index (χ3n) is 3.99. The number of nitriles is 1. The average Bonchev–Trinajstić information content (AvgIpc) is 2.78. The molecule has 0 atom stereocenters. The van der Waals surface area contributed by atoms with E-state index in [1.807, 2.05) is 28.8 Å². The van der Waals surface area contributed by atoms with E-state index in [1.165, 1.54) is 0 Å². The van der Waals surface area contributed by atoms with Crippen LogP contribution in [0.4, 0.5) is 0 Å². The largest absolute Gasteiger partial charge is 0.328 e. The summed E-state index contributed by atoms with van der Waals surface area (Å²) in [6.45, 7) is 7.02. The summed E-state index contributed by atoms with van der Waals surface area (Å²) in [5, 5.41) is 9.01. The van der Waals surface area contributed by atoms with Crippen LogP contribution in [0.5, 0.6) is 0 Å². The second kappa shape index (κ2) is 5.64. The lowest BCUT2D eigenvalue weighted by Crippen LogP contribution is -2.27. The van der Waals surface area contributed by atoms with Crippen molar-refractivity contribution in [3.63, 3.8) is 0 Å². The minimum Gasteiger partial charge on any atom is -0.295 e. The van der Waals surface area contributed by atoms with E-state index in [-0.39, 0.29) is 11.1 Å². The van der Waals surface area contributed by atoms with Crippen molar-refractivity contribution in [1.82, 2.24) is 14.1 Å². The molecule has 3 aromatic rings. The van der Waals surface area contributed by atoms with E-state index < -0.39 is 0 Å². The lowest BCUT2D eigenvalue weighted by atomic mass is 9.97. The van der Waals surface area contributed by atoms with Crippen molar-refractivity contribution in [3.8, 4) is 17.2 Å². The molecule has 5 nitrogen and oxygen atoms in total. The van der Waals surface area contributed by atoms with Gasteiger partial charge in [-0.25, -0.2) is 9.78 Å². The lowest BCUT2D eigenvalue weighted by Gasteiger charge is -2.18. The number of benzene rings is 1. The Morgan fingerprint density at radius 2 is 1.83 bits per heavy atom. The van der Waals surface area contributed by atoms with Crippen LogP contribution in [-0.4, -0.2) is 14.1 Å². The van der Waals surface area contributed by atoms with E-state index in [4.69, 9.17) is 5.26 Å². The fourth-order valence-corrected chi connectivity index (χ4v) is 2.89. The SMILES string of the molecule is Cn1c(=O)n(CC(C)(C)C)c2ccc(-c3ccnc(C#N)c3)cc21. The normalized spacial score (nSPS) is 11.6. The van der Waals surface area contributed by atoms with Crippen LogP contribution in [0.1, 0.15) is 26.5 Å². The molecule has 0 radical (unpaired) electrons. The molecule has 1 aromatic carbocycles. The molecule has 24 heavy (non-hydrogen) atoms. The van der Waals surface area contributed by atoms with Gasteiger partial charge in [0.05, 0.1) is 11.0 Å². The van der Waals surface area contributed by atoms with E-state index >= 15 is 0 Å². The fourth-order valence-electron chi connectivity index (χ4n) is 2.89. The van der Waals surface area contributed by atoms with Gasteiger partial charge in [0, 0.05) is 19.8 Å². The molecule has 0 bridgehead atoms. The number of nitrogens with zero attached hydrogens (tertiary/aromatic N) is 4. The molecule has 0 aliphatic heterocycles. The Kier molecular flexibility index (Phi) is 3.76. The molecule has 3 rings (SSSR count). The maximum Gasteiger partial charge on any atom is 0.328 e. The quantitative estimate of drug-likeness (QED) is 0.727.